The lowest BCUT2D eigenvalue weighted by atomic mass is 10.1. The number of sulfonamides is 1. The summed E-state index contributed by atoms with van der Waals surface area (Å²) in [5, 5.41) is 5.73. The Balaban J connectivity index is 1.58. The summed E-state index contributed by atoms with van der Waals surface area (Å²) in [5.74, 6) is -0.467. The van der Waals surface area contributed by atoms with Crippen molar-refractivity contribution in [3.63, 3.8) is 0 Å². The lowest BCUT2D eigenvalue weighted by molar-refractivity contribution is -0.116. The molecule has 8 nitrogen and oxygen atoms in total. The summed E-state index contributed by atoms with van der Waals surface area (Å²) < 4.78 is 31.9. The van der Waals surface area contributed by atoms with Crippen LogP contribution in [0, 0.1) is 0 Å². The van der Waals surface area contributed by atoms with E-state index in [4.69, 9.17) is 16.3 Å². The van der Waals surface area contributed by atoms with Gasteiger partial charge in [0.15, 0.2) is 0 Å². The molecular weight excluding hydrogens is 442 g/mol. The van der Waals surface area contributed by atoms with Crippen LogP contribution in [0.15, 0.2) is 47.4 Å². The third-order valence-corrected chi connectivity index (χ3v) is 6.98. The van der Waals surface area contributed by atoms with Gasteiger partial charge in [0, 0.05) is 32.1 Å². The van der Waals surface area contributed by atoms with Crippen molar-refractivity contribution in [2.75, 3.05) is 36.9 Å². The standard InChI is InChI=1S/C21H24ClN3O5S/c1-15(26)23-17-5-8-19(22)20(14-17)24-21(27)9-4-16-2-6-18(7-3-16)31(28,29)25-10-12-30-13-11-25/h2-3,5-8,14H,4,9-13H2,1H3,(H,23,26)(H,24,27). The molecule has 31 heavy (non-hydrogen) atoms. The molecule has 10 heteroatoms. The van der Waals surface area contributed by atoms with Crippen LogP contribution >= 0.6 is 11.6 Å². The van der Waals surface area contributed by atoms with Gasteiger partial charge >= 0.3 is 0 Å². The number of aryl methyl sites for hydroxylation is 1. The largest absolute Gasteiger partial charge is 0.379 e. The van der Waals surface area contributed by atoms with Crippen molar-refractivity contribution in [3.05, 3.63) is 53.1 Å². The van der Waals surface area contributed by atoms with E-state index in [1.54, 1.807) is 42.5 Å². The monoisotopic (exact) mass is 465 g/mol. The third-order valence-electron chi connectivity index (χ3n) is 4.73. The minimum atomic E-state index is -3.54. The topological polar surface area (TPSA) is 105 Å². The Labute approximate surface area is 186 Å². The van der Waals surface area contributed by atoms with Crippen LogP contribution in [0.2, 0.25) is 5.02 Å². The van der Waals surface area contributed by atoms with Crippen molar-refractivity contribution < 1.29 is 22.7 Å². The molecule has 2 aromatic carbocycles. The second-order valence-corrected chi connectivity index (χ2v) is 9.43. The first-order valence-electron chi connectivity index (χ1n) is 9.79. The number of nitrogens with zero attached hydrogens (tertiary/aromatic N) is 1. The highest BCUT2D eigenvalue weighted by atomic mass is 35.5. The fourth-order valence-electron chi connectivity index (χ4n) is 3.14. The molecule has 0 atom stereocenters. The minimum absolute atomic E-state index is 0.191. The molecule has 1 fully saturated rings. The highest BCUT2D eigenvalue weighted by Gasteiger charge is 2.26. The van der Waals surface area contributed by atoms with Crippen molar-refractivity contribution in [2.24, 2.45) is 0 Å². The SMILES string of the molecule is CC(=O)Nc1ccc(Cl)c(NC(=O)CCc2ccc(S(=O)(=O)N3CCOCC3)cc2)c1. The predicted octanol–water partition coefficient (Wildman–Crippen LogP) is 2.89. The van der Waals surface area contributed by atoms with Crippen molar-refractivity contribution >= 4 is 44.8 Å². The minimum Gasteiger partial charge on any atom is -0.379 e. The summed E-state index contributed by atoms with van der Waals surface area (Å²) in [6.45, 7) is 2.87. The maximum absolute atomic E-state index is 12.7. The first-order valence-corrected chi connectivity index (χ1v) is 11.6. The summed E-state index contributed by atoms with van der Waals surface area (Å²) in [6, 6.07) is 11.4. The van der Waals surface area contributed by atoms with Gasteiger partial charge in [0.25, 0.3) is 0 Å². The fraction of sp³-hybridized carbons (Fsp3) is 0.333. The van der Waals surface area contributed by atoms with Gasteiger partial charge in [0.05, 0.1) is 28.8 Å². The number of carbonyl (C=O) groups is 2. The molecule has 2 N–H and O–H groups in total. The summed E-state index contributed by atoms with van der Waals surface area (Å²) in [6.07, 6.45) is 0.628. The Morgan fingerprint density at radius 3 is 2.39 bits per heavy atom. The quantitative estimate of drug-likeness (QED) is 0.654. The zero-order valence-corrected chi connectivity index (χ0v) is 18.6. The number of hydrogen-bond donors (Lipinski definition) is 2. The van der Waals surface area contributed by atoms with Crippen LogP contribution in [0.5, 0.6) is 0 Å². The number of nitrogens with one attached hydrogen (secondary N) is 2. The van der Waals surface area contributed by atoms with Gasteiger partial charge in [-0.2, -0.15) is 4.31 Å². The Kier molecular flexibility index (Phi) is 7.66. The van der Waals surface area contributed by atoms with E-state index in [0.29, 0.717) is 49.1 Å². The van der Waals surface area contributed by atoms with E-state index in [2.05, 4.69) is 10.6 Å². The smallest absolute Gasteiger partial charge is 0.243 e. The van der Waals surface area contributed by atoms with Gasteiger partial charge < -0.3 is 15.4 Å². The molecule has 0 unspecified atom stereocenters. The van der Waals surface area contributed by atoms with Crippen molar-refractivity contribution in [1.82, 2.24) is 4.31 Å². The Hall–Kier alpha value is -2.46. The molecule has 1 aliphatic rings. The van der Waals surface area contributed by atoms with Gasteiger partial charge in [-0.25, -0.2) is 8.42 Å². The van der Waals surface area contributed by atoms with E-state index in [0.717, 1.165) is 5.56 Å². The maximum Gasteiger partial charge on any atom is 0.243 e. The van der Waals surface area contributed by atoms with Crippen LogP contribution in [0.1, 0.15) is 18.9 Å². The Morgan fingerprint density at radius 2 is 1.74 bits per heavy atom. The zero-order chi connectivity index (χ0) is 22.4. The number of halogens is 1. The third kappa shape index (κ3) is 6.27. The predicted molar refractivity (Wildman–Crippen MR) is 119 cm³/mol. The number of rotatable bonds is 7. The van der Waals surface area contributed by atoms with Crippen LogP contribution < -0.4 is 10.6 Å². The molecule has 166 valence electrons. The summed E-state index contributed by atoms with van der Waals surface area (Å²) >= 11 is 6.12. The van der Waals surface area contributed by atoms with Gasteiger partial charge in [-0.3, -0.25) is 9.59 Å². The summed E-state index contributed by atoms with van der Waals surface area (Å²) in [4.78, 5) is 23.7. The average molecular weight is 466 g/mol. The van der Waals surface area contributed by atoms with Crippen molar-refractivity contribution in [2.45, 2.75) is 24.7 Å². The molecule has 0 aromatic heterocycles. The summed E-state index contributed by atoms with van der Waals surface area (Å²) in [7, 11) is -3.54. The lowest BCUT2D eigenvalue weighted by Crippen LogP contribution is -2.40. The Morgan fingerprint density at radius 1 is 1.06 bits per heavy atom. The molecule has 0 spiro atoms. The van der Waals surface area contributed by atoms with E-state index < -0.39 is 10.0 Å². The maximum atomic E-state index is 12.7. The van der Waals surface area contributed by atoms with Crippen LogP contribution in [-0.4, -0.2) is 50.8 Å². The number of carbonyl (C=O) groups excluding carboxylic acids is 2. The summed E-state index contributed by atoms with van der Waals surface area (Å²) in [5.41, 5.74) is 1.78. The molecule has 3 rings (SSSR count). The molecule has 0 bridgehead atoms. The molecule has 0 radical (unpaired) electrons. The Bertz CT molecular complexity index is 1050. The lowest BCUT2D eigenvalue weighted by Gasteiger charge is -2.26. The molecule has 0 saturated carbocycles. The average Bonchev–Trinajstić information content (AvgIpc) is 2.75. The molecule has 1 heterocycles. The molecular formula is C21H24ClN3O5S. The fourth-order valence-corrected chi connectivity index (χ4v) is 4.71. The van der Waals surface area contributed by atoms with E-state index >= 15 is 0 Å². The number of hydrogen-bond acceptors (Lipinski definition) is 5. The van der Waals surface area contributed by atoms with Crippen molar-refractivity contribution in [1.29, 1.82) is 0 Å². The zero-order valence-electron chi connectivity index (χ0n) is 17.1. The molecule has 1 aliphatic heterocycles. The molecule has 2 aromatic rings. The number of benzene rings is 2. The number of amides is 2. The highest BCUT2D eigenvalue weighted by molar-refractivity contribution is 7.89. The molecule has 1 saturated heterocycles. The van der Waals surface area contributed by atoms with E-state index in [9.17, 15) is 18.0 Å². The highest BCUT2D eigenvalue weighted by Crippen LogP contribution is 2.26. The number of anilines is 2. The van der Waals surface area contributed by atoms with Gasteiger partial charge in [-0.15, -0.1) is 0 Å². The van der Waals surface area contributed by atoms with Gasteiger partial charge in [-0.1, -0.05) is 23.7 Å². The number of ether oxygens (including phenoxy) is 1. The first-order chi connectivity index (χ1) is 14.8. The van der Waals surface area contributed by atoms with Gasteiger partial charge in [0.1, 0.15) is 0 Å². The van der Waals surface area contributed by atoms with E-state index in [-0.39, 0.29) is 23.1 Å². The van der Waals surface area contributed by atoms with Crippen molar-refractivity contribution in [3.8, 4) is 0 Å². The number of morpholine rings is 1. The van der Waals surface area contributed by atoms with E-state index in [1.165, 1.54) is 11.2 Å². The van der Waals surface area contributed by atoms with Gasteiger partial charge in [0.2, 0.25) is 21.8 Å². The first kappa shape index (κ1) is 23.2. The molecule has 2 amide bonds. The second-order valence-electron chi connectivity index (χ2n) is 7.08. The van der Waals surface area contributed by atoms with Crippen LogP contribution in [0.25, 0.3) is 0 Å². The second kappa shape index (κ2) is 10.2. The normalized spacial score (nSPS) is 14.8. The van der Waals surface area contributed by atoms with E-state index in [1.807, 2.05) is 0 Å². The van der Waals surface area contributed by atoms with Crippen LogP contribution in [-0.2, 0) is 30.8 Å². The van der Waals surface area contributed by atoms with Crippen LogP contribution in [0.3, 0.4) is 0 Å². The van der Waals surface area contributed by atoms with Crippen LogP contribution in [0.4, 0.5) is 11.4 Å². The molecule has 0 aliphatic carbocycles. The van der Waals surface area contributed by atoms with Gasteiger partial charge in [-0.05, 0) is 42.3 Å².